The number of fused-ring (bicyclic) bond motifs is 1. The van der Waals surface area contributed by atoms with E-state index in [1.807, 2.05) is 32.0 Å². The molecule has 0 spiro atoms. The lowest BCUT2D eigenvalue weighted by molar-refractivity contribution is -0.121. The highest BCUT2D eigenvalue weighted by atomic mass is 16.1. The summed E-state index contributed by atoms with van der Waals surface area (Å²) in [5.74, 6) is 0.992. The highest BCUT2D eigenvalue weighted by Crippen LogP contribution is 2.19. The molecule has 2 N–H and O–H groups in total. The summed E-state index contributed by atoms with van der Waals surface area (Å²) in [6.07, 6.45) is 1.47. The molecule has 0 unspecified atom stereocenters. The van der Waals surface area contributed by atoms with Crippen LogP contribution in [0.5, 0.6) is 0 Å². The Hall–Kier alpha value is -2.10. The van der Waals surface area contributed by atoms with Gasteiger partial charge in [0.05, 0.1) is 5.52 Å². The van der Waals surface area contributed by atoms with E-state index in [1.54, 1.807) is 0 Å². The van der Waals surface area contributed by atoms with Crippen molar-refractivity contribution in [2.75, 3.05) is 18.4 Å². The molecular weight excluding hydrogens is 250 g/mol. The second-order valence-electron chi connectivity index (χ2n) is 4.87. The molecule has 0 saturated heterocycles. The number of nitrogens with zero attached hydrogens (tertiary/aromatic N) is 1. The molecular formula is C16H21N3O. The number of carbonyl (C=O) groups is 1. The predicted molar refractivity (Wildman–Crippen MR) is 82.9 cm³/mol. The zero-order chi connectivity index (χ0) is 14.4. The summed E-state index contributed by atoms with van der Waals surface area (Å²) in [6, 6.07) is 10.2. The van der Waals surface area contributed by atoms with Gasteiger partial charge in [-0.25, -0.2) is 4.98 Å². The molecule has 0 fully saturated rings. The average molecular weight is 271 g/mol. The van der Waals surface area contributed by atoms with Crippen molar-refractivity contribution in [1.29, 1.82) is 0 Å². The SMILES string of the molecule is CCCC(=O)NCCNc1nc2ccccc2cc1C. The van der Waals surface area contributed by atoms with Gasteiger partial charge in [-0.15, -0.1) is 0 Å². The van der Waals surface area contributed by atoms with E-state index in [2.05, 4.69) is 27.8 Å². The van der Waals surface area contributed by atoms with E-state index in [1.165, 1.54) is 0 Å². The highest BCUT2D eigenvalue weighted by Gasteiger charge is 2.03. The van der Waals surface area contributed by atoms with Crippen LogP contribution in [0.3, 0.4) is 0 Å². The summed E-state index contributed by atoms with van der Waals surface area (Å²) < 4.78 is 0. The third kappa shape index (κ3) is 3.70. The molecule has 1 aromatic carbocycles. The molecule has 0 aliphatic carbocycles. The quantitative estimate of drug-likeness (QED) is 0.794. The molecule has 0 bridgehead atoms. The molecule has 106 valence electrons. The zero-order valence-corrected chi connectivity index (χ0v) is 12.1. The van der Waals surface area contributed by atoms with Crippen molar-refractivity contribution >= 4 is 22.6 Å². The van der Waals surface area contributed by atoms with Gasteiger partial charge in [0.2, 0.25) is 5.91 Å². The zero-order valence-electron chi connectivity index (χ0n) is 12.1. The van der Waals surface area contributed by atoms with Gasteiger partial charge < -0.3 is 10.6 Å². The Morgan fingerprint density at radius 3 is 2.85 bits per heavy atom. The fraction of sp³-hybridized carbons (Fsp3) is 0.375. The Bertz CT molecular complexity index is 595. The van der Waals surface area contributed by atoms with Gasteiger partial charge in [0.15, 0.2) is 0 Å². The van der Waals surface area contributed by atoms with E-state index in [0.717, 1.165) is 28.7 Å². The molecule has 2 rings (SSSR count). The van der Waals surface area contributed by atoms with Crippen LogP contribution in [0.2, 0.25) is 0 Å². The summed E-state index contributed by atoms with van der Waals surface area (Å²) in [5, 5.41) is 7.30. The second-order valence-corrected chi connectivity index (χ2v) is 4.87. The number of carbonyl (C=O) groups excluding carboxylic acids is 1. The van der Waals surface area contributed by atoms with Crippen LogP contribution < -0.4 is 10.6 Å². The minimum Gasteiger partial charge on any atom is -0.368 e. The van der Waals surface area contributed by atoms with Gasteiger partial charge in [-0.1, -0.05) is 25.1 Å². The maximum absolute atomic E-state index is 11.3. The molecule has 0 saturated carbocycles. The fourth-order valence-electron chi connectivity index (χ4n) is 2.10. The van der Waals surface area contributed by atoms with Crippen molar-refractivity contribution < 1.29 is 4.79 Å². The number of benzene rings is 1. The van der Waals surface area contributed by atoms with Crippen LogP contribution >= 0.6 is 0 Å². The molecule has 4 nitrogen and oxygen atoms in total. The van der Waals surface area contributed by atoms with Crippen molar-refractivity contribution in [3.05, 3.63) is 35.9 Å². The number of nitrogens with one attached hydrogen (secondary N) is 2. The molecule has 2 aromatic rings. The Morgan fingerprint density at radius 2 is 2.05 bits per heavy atom. The topological polar surface area (TPSA) is 54.0 Å². The van der Waals surface area contributed by atoms with Gasteiger partial charge in [0.25, 0.3) is 0 Å². The summed E-state index contributed by atoms with van der Waals surface area (Å²) in [6.45, 7) is 5.34. The molecule has 0 aliphatic rings. The van der Waals surface area contributed by atoms with Crippen LogP contribution in [0.1, 0.15) is 25.3 Å². The minimum absolute atomic E-state index is 0.109. The van der Waals surface area contributed by atoms with Crippen molar-refractivity contribution in [2.24, 2.45) is 0 Å². The van der Waals surface area contributed by atoms with Crippen LogP contribution in [0.15, 0.2) is 30.3 Å². The van der Waals surface area contributed by atoms with E-state index in [-0.39, 0.29) is 5.91 Å². The van der Waals surface area contributed by atoms with Crippen LogP contribution in [-0.4, -0.2) is 24.0 Å². The molecule has 0 radical (unpaired) electrons. The standard InChI is InChI=1S/C16H21N3O/c1-3-6-15(20)17-9-10-18-16-12(2)11-13-7-4-5-8-14(13)19-16/h4-5,7-8,11H,3,6,9-10H2,1-2H3,(H,17,20)(H,18,19). The first-order valence-electron chi connectivity index (χ1n) is 7.07. The third-order valence-corrected chi connectivity index (χ3v) is 3.13. The number of hydrogen-bond acceptors (Lipinski definition) is 3. The van der Waals surface area contributed by atoms with Crippen LogP contribution in [0.25, 0.3) is 10.9 Å². The lowest BCUT2D eigenvalue weighted by atomic mass is 10.1. The van der Waals surface area contributed by atoms with Gasteiger partial charge in [-0.2, -0.15) is 0 Å². The number of pyridine rings is 1. The monoisotopic (exact) mass is 271 g/mol. The Labute approximate surface area is 119 Å². The second kappa shape index (κ2) is 6.89. The average Bonchev–Trinajstić information content (AvgIpc) is 2.44. The fourth-order valence-corrected chi connectivity index (χ4v) is 2.10. The Kier molecular flexibility index (Phi) is 4.93. The van der Waals surface area contributed by atoms with Crippen molar-refractivity contribution in [1.82, 2.24) is 10.3 Å². The number of para-hydroxylation sites is 1. The molecule has 0 aliphatic heterocycles. The van der Waals surface area contributed by atoms with Gasteiger partial charge in [0, 0.05) is 24.9 Å². The van der Waals surface area contributed by atoms with E-state index in [9.17, 15) is 4.79 Å². The van der Waals surface area contributed by atoms with Crippen molar-refractivity contribution in [3.63, 3.8) is 0 Å². The first kappa shape index (κ1) is 14.3. The van der Waals surface area contributed by atoms with Crippen LogP contribution in [0, 0.1) is 6.92 Å². The molecule has 1 amide bonds. The van der Waals surface area contributed by atoms with E-state index in [4.69, 9.17) is 0 Å². The first-order valence-corrected chi connectivity index (χ1v) is 7.07. The Morgan fingerprint density at radius 1 is 1.25 bits per heavy atom. The van der Waals surface area contributed by atoms with Gasteiger partial charge in [0.1, 0.15) is 5.82 Å². The Balaban J connectivity index is 1.93. The number of anilines is 1. The highest BCUT2D eigenvalue weighted by molar-refractivity contribution is 5.81. The smallest absolute Gasteiger partial charge is 0.220 e. The molecule has 4 heteroatoms. The normalized spacial score (nSPS) is 10.5. The summed E-state index contributed by atoms with van der Waals surface area (Å²) in [5.41, 5.74) is 2.10. The van der Waals surface area contributed by atoms with Crippen molar-refractivity contribution in [3.8, 4) is 0 Å². The number of aryl methyl sites for hydroxylation is 1. The predicted octanol–water partition coefficient (Wildman–Crippen LogP) is 2.87. The van der Waals surface area contributed by atoms with Gasteiger partial charge >= 0.3 is 0 Å². The van der Waals surface area contributed by atoms with Gasteiger partial charge in [-0.05, 0) is 31.0 Å². The molecule has 20 heavy (non-hydrogen) atoms. The lowest BCUT2D eigenvalue weighted by Gasteiger charge is -2.10. The summed E-state index contributed by atoms with van der Waals surface area (Å²) in [4.78, 5) is 15.9. The van der Waals surface area contributed by atoms with Crippen molar-refractivity contribution in [2.45, 2.75) is 26.7 Å². The molecule has 1 aromatic heterocycles. The van der Waals surface area contributed by atoms with Crippen LogP contribution in [0.4, 0.5) is 5.82 Å². The number of hydrogen-bond donors (Lipinski definition) is 2. The molecule has 0 atom stereocenters. The number of rotatable bonds is 6. The third-order valence-electron chi connectivity index (χ3n) is 3.13. The lowest BCUT2D eigenvalue weighted by Crippen LogP contribution is -2.28. The van der Waals surface area contributed by atoms with Gasteiger partial charge in [-0.3, -0.25) is 4.79 Å². The maximum atomic E-state index is 11.3. The molecule has 1 heterocycles. The van der Waals surface area contributed by atoms with E-state index < -0.39 is 0 Å². The maximum Gasteiger partial charge on any atom is 0.220 e. The summed E-state index contributed by atoms with van der Waals surface area (Å²) >= 11 is 0. The van der Waals surface area contributed by atoms with E-state index >= 15 is 0 Å². The minimum atomic E-state index is 0.109. The summed E-state index contributed by atoms with van der Waals surface area (Å²) in [7, 11) is 0. The van der Waals surface area contributed by atoms with E-state index in [0.29, 0.717) is 19.5 Å². The first-order chi connectivity index (χ1) is 9.70. The van der Waals surface area contributed by atoms with Crippen LogP contribution in [-0.2, 0) is 4.79 Å². The number of aromatic nitrogens is 1. The number of amides is 1. The largest absolute Gasteiger partial charge is 0.368 e.